The highest BCUT2D eigenvalue weighted by atomic mass is 16.2. The summed E-state index contributed by atoms with van der Waals surface area (Å²) in [4.78, 5) is 20.4. The van der Waals surface area contributed by atoms with Crippen molar-refractivity contribution in [2.75, 3.05) is 13.7 Å². The number of allylic oxidation sites excluding steroid dienone is 1. The van der Waals surface area contributed by atoms with Gasteiger partial charge in [-0.25, -0.2) is 9.98 Å². The van der Waals surface area contributed by atoms with Crippen LogP contribution in [0.5, 0.6) is 0 Å². The summed E-state index contributed by atoms with van der Waals surface area (Å²) < 4.78 is 1.87. The van der Waals surface area contributed by atoms with E-state index in [1.165, 1.54) is 0 Å². The predicted molar refractivity (Wildman–Crippen MR) is 108 cm³/mol. The van der Waals surface area contributed by atoms with Crippen molar-refractivity contribution in [1.29, 1.82) is 0 Å². The second kappa shape index (κ2) is 12.5. The Hall–Kier alpha value is -1.79. The zero-order valence-corrected chi connectivity index (χ0v) is 17.1. The molecule has 1 aliphatic carbocycles. The normalized spacial score (nSPS) is 22.8. The van der Waals surface area contributed by atoms with Gasteiger partial charge in [0.15, 0.2) is 0 Å². The van der Waals surface area contributed by atoms with Crippen LogP contribution in [0.2, 0.25) is 0 Å². The number of rotatable bonds is 7. The van der Waals surface area contributed by atoms with E-state index in [4.69, 9.17) is 10.8 Å². The lowest BCUT2D eigenvalue weighted by molar-refractivity contribution is -0.110. The van der Waals surface area contributed by atoms with Crippen LogP contribution in [-0.4, -0.2) is 40.4 Å². The molecule has 0 aromatic carbocycles. The fourth-order valence-electron chi connectivity index (χ4n) is 2.98. The molecule has 0 spiro atoms. The Morgan fingerprint density at radius 3 is 2.69 bits per heavy atom. The van der Waals surface area contributed by atoms with Crippen molar-refractivity contribution < 1.29 is 9.90 Å². The number of aliphatic hydroxyl groups excluding tert-OH is 1. The fourth-order valence-corrected chi connectivity index (χ4v) is 2.98. The number of nitrogens with zero attached hydrogens (tertiary/aromatic N) is 3. The SMILES string of the molecule is C/C=C\N=C(C)n1cnc(C2(C=O)CC2C[C@@H](CC)CN)c1.CC.CO. The minimum absolute atomic E-state index is 0.370. The molecular weight excluding hydrogens is 328 g/mol. The number of aliphatic hydroxyl groups is 1. The first-order valence-electron chi connectivity index (χ1n) is 9.42. The van der Waals surface area contributed by atoms with Gasteiger partial charge in [-0.15, -0.1) is 0 Å². The second-order valence-corrected chi connectivity index (χ2v) is 6.13. The number of carbonyl (C=O) groups is 1. The van der Waals surface area contributed by atoms with E-state index in [0.29, 0.717) is 18.4 Å². The first-order valence-corrected chi connectivity index (χ1v) is 9.42. The maximum absolute atomic E-state index is 11.7. The second-order valence-electron chi connectivity index (χ2n) is 6.13. The molecule has 1 fully saturated rings. The van der Waals surface area contributed by atoms with Crippen molar-refractivity contribution in [1.82, 2.24) is 9.55 Å². The lowest BCUT2D eigenvalue weighted by Crippen LogP contribution is -2.18. The summed E-state index contributed by atoms with van der Waals surface area (Å²) >= 11 is 0. The largest absolute Gasteiger partial charge is 0.400 e. The molecule has 2 unspecified atom stereocenters. The Morgan fingerprint density at radius 2 is 2.19 bits per heavy atom. The highest BCUT2D eigenvalue weighted by Crippen LogP contribution is 2.55. The van der Waals surface area contributed by atoms with Crippen LogP contribution < -0.4 is 5.73 Å². The van der Waals surface area contributed by atoms with Crippen LogP contribution >= 0.6 is 0 Å². The molecule has 3 atom stereocenters. The van der Waals surface area contributed by atoms with Gasteiger partial charge in [-0.05, 0) is 45.1 Å². The molecule has 2 rings (SSSR count). The lowest BCUT2D eigenvalue weighted by Gasteiger charge is -2.13. The van der Waals surface area contributed by atoms with Crippen LogP contribution in [0, 0.1) is 11.8 Å². The van der Waals surface area contributed by atoms with Gasteiger partial charge in [0.2, 0.25) is 0 Å². The number of aldehydes is 1. The van der Waals surface area contributed by atoms with Crippen LogP contribution in [0.25, 0.3) is 0 Å². The molecule has 3 N–H and O–H groups in total. The van der Waals surface area contributed by atoms with Gasteiger partial charge >= 0.3 is 0 Å². The maximum Gasteiger partial charge on any atom is 0.132 e. The average Bonchev–Trinajstić information content (AvgIpc) is 3.18. The van der Waals surface area contributed by atoms with Crippen LogP contribution in [0.4, 0.5) is 0 Å². The Balaban J connectivity index is 0.00000146. The van der Waals surface area contributed by atoms with Crippen molar-refractivity contribution in [2.45, 2.75) is 59.3 Å². The van der Waals surface area contributed by atoms with Crippen LogP contribution in [0.15, 0.2) is 29.8 Å². The lowest BCUT2D eigenvalue weighted by atomic mass is 9.93. The monoisotopic (exact) mass is 364 g/mol. The number of nitrogens with two attached hydrogens (primary N) is 1. The van der Waals surface area contributed by atoms with E-state index in [-0.39, 0.29) is 0 Å². The van der Waals surface area contributed by atoms with Gasteiger partial charge in [-0.1, -0.05) is 33.3 Å². The van der Waals surface area contributed by atoms with Crippen LogP contribution in [-0.2, 0) is 10.2 Å². The Kier molecular flexibility index (Phi) is 11.7. The van der Waals surface area contributed by atoms with Crippen molar-refractivity contribution in [3.8, 4) is 0 Å². The molecule has 1 heterocycles. The van der Waals surface area contributed by atoms with E-state index >= 15 is 0 Å². The van der Waals surface area contributed by atoms with E-state index in [2.05, 4.69) is 16.9 Å². The average molecular weight is 365 g/mol. The zero-order valence-electron chi connectivity index (χ0n) is 17.1. The van der Waals surface area contributed by atoms with E-state index in [1.54, 1.807) is 12.5 Å². The molecule has 1 aliphatic rings. The molecular formula is C20H36N4O2. The minimum atomic E-state index is -0.408. The van der Waals surface area contributed by atoms with Crippen molar-refractivity contribution >= 4 is 12.1 Å². The summed E-state index contributed by atoms with van der Waals surface area (Å²) in [6.07, 6.45) is 11.3. The maximum atomic E-state index is 11.7. The van der Waals surface area contributed by atoms with Gasteiger partial charge in [-0.3, -0.25) is 4.57 Å². The van der Waals surface area contributed by atoms with Gasteiger partial charge in [0.1, 0.15) is 18.4 Å². The van der Waals surface area contributed by atoms with E-state index in [1.807, 2.05) is 44.5 Å². The van der Waals surface area contributed by atoms with E-state index in [9.17, 15) is 4.79 Å². The van der Waals surface area contributed by atoms with Crippen LogP contribution in [0.1, 0.15) is 59.6 Å². The van der Waals surface area contributed by atoms with Crippen molar-refractivity contribution in [2.24, 2.45) is 22.6 Å². The van der Waals surface area contributed by atoms with E-state index < -0.39 is 5.41 Å². The minimum Gasteiger partial charge on any atom is -0.400 e. The molecule has 0 saturated heterocycles. The molecule has 1 aromatic heterocycles. The molecule has 0 radical (unpaired) electrons. The number of aromatic nitrogens is 2. The van der Waals surface area contributed by atoms with E-state index in [0.717, 1.165) is 44.2 Å². The highest BCUT2D eigenvalue weighted by molar-refractivity contribution is 5.83. The predicted octanol–water partition coefficient (Wildman–Crippen LogP) is 3.15. The third-order valence-corrected chi connectivity index (χ3v) is 4.73. The van der Waals surface area contributed by atoms with Gasteiger partial charge in [0, 0.05) is 19.5 Å². The standard InChI is InChI=1S/C17H26N4O.C2H6.CH4O/c1-4-6-19-13(3)21-10-16(20-12-21)17(11-22)8-15(17)7-14(5-2)9-18;2*1-2/h4,6,10-12,14-15H,5,7-9,18H2,1-3H3;1-2H3;2H,1H3/b6-4-,19-13?;;/t14-,15?,17?;;/m1../s1. The number of hydrogen-bond donors (Lipinski definition) is 2. The third-order valence-electron chi connectivity index (χ3n) is 4.73. The fraction of sp³-hybridized carbons (Fsp3) is 0.650. The van der Waals surface area contributed by atoms with Gasteiger partial charge in [-0.2, -0.15) is 0 Å². The quantitative estimate of drug-likeness (QED) is 0.441. The van der Waals surface area contributed by atoms with Crippen molar-refractivity contribution in [3.63, 3.8) is 0 Å². The van der Waals surface area contributed by atoms with Gasteiger partial charge < -0.3 is 15.6 Å². The molecule has 26 heavy (non-hydrogen) atoms. The third kappa shape index (κ3) is 5.88. The molecule has 148 valence electrons. The molecule has 0 bridgehead atoms. The summed E-state index contributed by atoms with van der Waals surface area (Å²) in [6, 6.07) is 0. The molecule has 0 aliphatic heterocycles. The number of carbonyl (C=O) groups excluding carboxylic acids is 1. The summed E-state index contributed by atoms with van der Waals surface area (Å²) in [5, 5.41) is 7.00. The Bertz CT molecular complexity index is 576. The first-order chi connectivity index (χ1) is 12.6. The summed E-state index contributed by atoms with van der Waals surface area (Å²) in [7, 11) is 1.00. The zero-order chi connectivity index (χ0) is 20.2. The Morgan fingerprint density at radius 1 is 1.54 bits per heavy atom. The Labute approximate surface area is 158 Å². The summed E-state index contributed by atoms with van der Waals surface area (Å²) in [5.41, 5.74) is 6.24. The molecule has 6 heteroatoms. The molecule has 0 amide bonds. The first kappa shape index (κ1) is 24.2. The van der Waals surface area contributed by atoms with Crippen LogP contribution in [0.3, 0.4) is 0 Å². The summed E-state index contributed by atoms with van der Waals surface area (Å²) in [5.74, 6) is 1.70. The highest BCUT2D eigenvalue weighted by Gasteiger charge is 2.57. The van der Waals surface area contributed by atoms with Crippen molar-refractivity contribution in [3.05, 3.63) is 30.5 Å². The summed E-state index contributed by atoms with van der Waals surface area (Å²) in [6.45, 7) is 10.7. The smallest absolute Gasteiger partial charge is 0.132 e. The molecule has 1 aromatic rings. The topological polar surface area (TPSA) is 93.5 Å². The molecule has 1 saturated carbocycles. The van der Waals surface area contributed by atoms with Gasteiger partial charge in [0.05, 0.1) is 11.1 Å². The molecule has 6 nitrogen and oxygen atoms in total. The van der Waals surface area contributed by atoms with Gasteiger partial charge in [0.25, 0.3) is 0 Å². The number of hydrogen-bond acceptors (Lipinski definition) is 5. The number of aliphatic imine (C=N–C) groups is 1. The number of imidazole rings is 1.